The Hall–Kier alpha value is -2.40. The quantitative estimate of drug-likeness (QED) is 0.776. The highest BCUT2D eigenvalue weighted by atomic mass is 32.1. The molecule has 5 heteroatoms. The summed E-state index contributed by atoms with van der Waals surface area (Å²) in [6.45, 7) is 0.505. The Morgan fingerprint density at radius 1 is 1.25 bits per heavy atom. The minimum Gasteiger partial charge on any atom is -0.383 e. The van der Waals surface area contributed by atoms with Gasteiger partial charge in [-0.2, -0.15) is 0 Å². The third-order valence-corrected chi connectivity index (χ3v) is 3.88. The maximum absolute atomic E-state index is 12.1. The molecule has 2 heterocycles. The number of hydrogen-bond donors (Lipinski definition) is 2. The molecule has 0 spiro atoms. The van der Waals surface area contributed by atoms with Crippen LogP contribution in [0.15, 0.2) is 47.8 Å². The van der Waals surface area contributed by atoms with Crippen molar-refractivity contribution >= 4 is 33.8 Å². The highest BCUT2D eigenvalue weighted by molar-refractivity contribution is 7.09. The van der Waals surface area contributed by atoms with Crippen molar-refractivity contribution in [3.63, 3.8) is 0 Å². The molecule has 20 heavy (non-hydrogen) atoms. The van der Waals surface area contributed by atoms with Crippen molar-refractivity contribution < 1.29 is 4.79 Å². The van der Waals surface area contributed by atoms with E-state index >= 15 is 0 Å². The summed E-state index contributed by atoms with van der Waals surface area (Å²) in [6.07, 6.45) is 0. The number of nitrogen functional groups attached to an aromatic ring is 1. The molecule has 0 bridgehead atoms. The van der Waals surface area contributed by atoms with Crippen LogP contribution in [-0.2, 0) is 6.54 Å². The fourth-order valence-electron chi connectivity index (χ4n) is 2.01. The highest BCUT2D eigenvalue weighted by Crippen LogP contribution is 2.20. The third kappa shape index (κ3) is 2.48. The number of carbonyl (C=O) groups is 1. The van der Waals surface area contributed by atoms with Crippen molar-refractivity contribution in [1.82, 2.24) is 10.3 Å². The SMILES string of the molecule is Nc1nc(C(=O)NCc2cccs2)cc2ccccc12. The zero-order valence-electron chi connectivity index (χ0n) is 10.7. The maximum Gasteiger partial charge on any atom is 0.270 e. The van der Waals surface area contributed by atoms with Crippen LogP contribution in [0.2, 0.25) is 0 Å². The Kier molecular flexibility index (Phi) is 3.35. The molecule has 0 aliphatic rings. The van der Waals surface area contributed by atoms with E-state index in [4.69, 9.17) is 5.73 Å². The maximum atomic E-state index is 12.1. The van der Waals surface area contributed by atoms with Crippen molar-refractivity contribution in [2.75, 3.05) is 5.73 Å². The normalized spacial score (nSPS) is 10.6. The van der Waals surface area contributed by atoms with Gasteiger partial charge in [-0.1, -0.05) is 30.3 Å². The van der Waals surface area contributed by atoms with E-state index in [1.54, 1.807) is 17.4 Å². The van der Waals surface area contributed by atoms with E-state index in [0.717, 1.165) is 15.6 Å². The number of carbonyl (C=O) groups excluding carboxylic acids is 1. The third-order valence-electron chi connectivity index (χ3n) is 3.01. The first kappa shape index (κ1) is 12.6. The second kappa shape index (κ2) is 5.30. The zero-order valence-corrected chi connectivity index (χ0v) is 11.5. The summed E-state index contributed by atoms with van der Waals surface area (Å²) in [7, 11) is 0. The molecule has 0 saturated carbocycles. The number of amides is 1. The standard InChI is InChI=1S/C15H13N3OS/c16-14-12-6-2-1-4-10(12)8-13(18-14)15(19)17-9-11-5-3-7-20-11/h1-8H,9H2,(H2,16,18)(H,17,19). The molecule has 0 aliphatic carbocycles. The van der Waals surface area contributed by atoms with Gasteiger partial charge in [0.15, 0.2) is 0 Å². The number of pyridine rings is 1. The lowest BCUT2D eigenvalue weighted by atomic mass is 10.1. The van der Waals surface area contributed by atoms with Crippen LogP contribution < -0.4 is 11.1 Å². The number of benzene rings is 1. The molecule has 2 aromatic heterocycles. The number of thiophene rings is 1. The molecule has 1 aromatic carbocycles. The van der Waals surface area contributed by atoms with Crippen LogP contribution in [0.1, 0.15) is 15.4 Å². The lowest BCUT2D eigenvalue weighted by molar-refractivity contribution is 0.0946. The van der Waals surface area contributed by atoms with Crippen molar-refractivity contribution in [3.05, 3.63) is 58.4 Å². The van der Waals surface area contributed by atoms with E-state index in [1.165, 1.54) is 0 Å². The number of aromatic nitrogens is 1. The molecule has 3 aromatic rings. The van der Waals surface area contributed by atoms with Gasteiger partial charge in [-0.15, -0.1) is 11.3 Å². The van der Waals surface area contributed by atoms with E-state index < -0.39 is 0 Å². The second-order valence-corrected chi connectivity index (χ2v) is 5.41. The van der Waals surface area contributed by atoms with E-state index in [-0.39, 0.29) is 5.91 Å². The van der Waals surface area contributed by atoms with Crippen LogP contribution in [0.3, 0.4) is 0 Å². The average Bonchev–Trinajstić information content (AvgIpc) is 2.98. The Balaban J connectivity index is 1.84. The van der Waals surface area contributed by atoms with E-state index in [0.29, 0.717) is 18.1 Å². The first-order valence-corrected chi connectivity index (χ1v) is 7.08. The molecule has 100 valence electrons. The average molecular weight is 283 g/mol. The molecule has 0 aliphatic heterocycles. The Labute approximate surface area is 120 Å². The van der Waals surface area contributed by atoms with Gasteiger partial charge in [-0.3, -0.25) is 4.79 Å². The number of hydrogen-bond acceptors (Lipinski definition) is 4. The van der Waals surface area contributed by atoms with Crippen LogP contribution >= 0.6 is 11.3 Å². The van der Waals surface area contributed by atoms with Crippen LogP contribution in [0.5, 0.6) is 0 Å². The van der Waals surface area contributed by atoms with Crippen molar-refractivity contribution in [2.24, 2.45) is 0 Å². The Morgan fingerprint density at radius 2 is 2.10 bits per heavy atom. The number of nitrogens with two attached hydrogens (primary N) is 1. The number of fused-ring (bicyclic) bond motifs is 1. The molecule has 3 N–H and O–H groups in total. The summed E-state index contributed by atoms with van der Waals surface area (Å²) in [6, 6.07) is 13.3. The predicted octanol–water partition coefficient (Wildman–Crippen LogP) is 2.81. The molecular weight excluding hydrogens is 270 g/mol. The molecule has 0 radical (unpaired) electrons. The first-order chi connectivity index (χ1) is 9.74. The van der Waals surface area contributed by atoms with Crippen LogP contribution in [-0.4, -0.2) is 10.9 Å². The first-order valence-electron chi connectivity index (χ1n) is 6.20. The van der Waals surface area contributed by atoms with Gasteiger partial charge in [0.05, 0.1) is 6.54 Å². The van der Waals surface area contributed by atoms with Gasteiger partial charge in [-0.05, 0) is 22.9 Å². The highest BCUT2D eigenvalue weighted by Gasteiger charge is 2.10. The monoisotopic (exact) mass is 283 g/mol. The van der Waals surface area contributed by atoms with Gasteiger partial charge < -0.3 is 11.1 Å². The van der Waals surface area contributed by atoms with E-state index in [2.05, 4.69) is 10.3 Å². The molecular formula is C15H13N3OS. The predicted molar refractivity (Wildman–Crippen MR) is 81.6 cm³/mol. The van der Waals surface area contributed by atoms with Crippen LogP contribution in [0.4, 0.5) is 5.82 Å². The fraction of sp³-hybridized carbons (Fsp3) is 0.0667. The number of nitrogens with zero attached hydrogens (tertiary/aromatic N) is 1. The summed E-state index contributed by atoms with van der Waals surface area (Å²) < 4.78 is 0. The van der Waals surface area contributed by atoms with Gasteiger partial charge >= 0.3 is 0 Å². The summed E-state index contributed by atoms with van der Waals surface area (Å²) >= 11 is 1.61. The number of nitrogens with one attached hydrogen (secondary N) is 1. The van der Waals surface area contributed by atoms with Crippen LogP contribution in [0.25, 0.3) is 10.8 Å². The minimum atomic E-state index is -0.212. The molecule has 0 saturated heterocycles. The van der Waals surface area contributed by atoms with E-state index in [9.17, 15) is 4.79 Å². The van der Waals surface area contributed by atoms with Gasteiger partial charge in [0, 0.05) is 10.3 Å². The fourth-order valence-corrected chi connectivity index (χ4v) is 2.66. The molecule has 4 nitrogen and oxygen atoms in total. The molecule has 0 atom stereocenters. The number of rotatable bonds is 3. The zero-order chi connectivity index (χ0) is 13.9. The largest absolute Gasteiger partial charge is 0.383 e. The Bertz CT molecular complexity index is 753. The van der Waals surface area contributed by atoms with Gasteiger partial charge in [-0.25, -0.2) is 4.98 Å². The number of anilines is 1. The molecule has 3 rings (SSSR count). The molecule has 1 amide bonds. The molecule has 0 unspecified atom stereocenters. The second-order valence-electron chi connectivity index (χ2n) is 4.38. The van der Waals surface area contributed by atoms with E-state index in [1.807, 2.05) is 41.8 Å². The lowest BCUT2D eigenvalue weighted by Crippen LogP contribution is -2.23. The van der Waals surface area contributed by atoms with Gasteiger partial charge in [0.25, 0.3) is 5.91 Å². The van der Waals surface area contributed by atoms with Gasteiger partial charge in [0.2, 0.25) is 0 Å². The van der Waals surface area contributed by atoms with Crippen LogP contribution in [0, 0.1) is 0 Å². The smallest absolute Gasteiger partial charge is 0.270 e. The van der Waals surface area contributed by atoms with Crippen molar-refractivity contribution in [2.45, 2.75) is 6.54 Å². The summed E-state index contributed by atoms with van der Waals surface area (Å²) in [5.41, 5.74) is 6.24. The van der Waals surface area contributed by atoms with Gasteiger partial charge in [0.1, 0.15) is 11.5 Å². The Morgan fingerprint density at radius 3 is 2.90 bits per heavy atom. The summed E-state index contributed by atoms with van der Waals surface area (Å²) in [5, 5.41) is 6.61. The van der Waals surface area contributed by atoms with Crippen molar-refractivity contribution in [3.8, 4) is 0 Å². The summed E-state index contributed by atoms with van der Waals surface area (Å²) in [4.78, 5) is 17.4. The lowest BCUT2D eigenvalue weighted by Gasteiger charge is -2.06. The topological polar surface area (TPSA) is 68.0 Å². The minimum absolute atomic E-state index is 0.212. The van der Waals surface area contributed by atoms with Crippen molar-refractivity contribution in [1.29, 1.82) is 0 Å². The summed E-state index contributed by atoms with van der Waals surface area (Å²) in [5.74, 6) is 0.167. The molecule has 0 fully saturated rings.